The van der Waals surface area contributed by atoms with Gasteiger partial charge in [0.1, 0.15) is 5.69 Å². The summed E-state index contributed by atoms with van der Waals surface area (Å²) in [6.07, 6.45) is 0. The lowest BCUT2D eigenvalue weighted by molar-refractivity contribution is -0.196. The van der Waals surface area contributed by atoms with Gasteiger partial charge < -0.3 is 28.6 Å². The molecule has 0 saturated carbocycles. The lowest BCUT2D eigenvalue weighted by Crippen LogP contribution is -2.46. The molecule has 0 spiro atoms. The summed E-state index contributed by atoms with van der Waals surface area (Å²) in [5.41, 5.74) is 1.24. The van der Waals surface area contributed by atoms with Crippen molar-refractivity contribution in [1.82, 2.24) is 9.79 Å². The first-order valence-corrected chi connectivity index (χ1v) is 10.5. The largest absolute Gasteiger partial charge is 0.493 e. The summed E-state index contributed by atoms with van der Waals surface area (Å²) in [4.78, 5) is 33.4. The van der Waals surface area contributed by atoms with Gasteiger partial charge in [0.05, 0.1) is 51.5 Å². The molecular weight excluding hydrogens is 432 g/mol. The number of hydroxylamine groups is 2. The lowest BCUT2D eigenvalue weighted by Gasteiger charge is -2.27. The van der Waals surface area contributed by atoms with Crippen molar-refractivity contribution < 1.29 is 33.4 Å². The van der Waals surface area contributed by atoms with Crippen LogP contribution in [0.3, 0.4) is 0 Å². The molecule has 0 N–H and O–H groups in total. The number of benzene rings is 2. The van der Waals surface area contributed by atoms with Crippen molar-refractivity contribution in [1.29, 1.82) is 0 Å². The van der Waals surface area contributed by atoms with Crippen molar-refractivity contribution in [2.24, 2.45) is 0 Å². The van der Waals surface area contributed by atoms with Gasteiger partial charge in [-0.1, -0.05) is 0 Å². The maximum atomic E-state index is 13.7. The second kappa shape index (κ2) is 7.39. The molecule has 0 unspecified atom stereocenters. The number of nitrogens with zero attached hydrogens (tertiary/aromatic N) is 2. The van der Waals surface area contributed by atoms with E-state index in [2.05, 4.69) is 0 Å². The van der Waals surface area contributed by atoms with Gasteiger partial charge in [-0.2, -0.15) is 0 Å². The third kappa shape index (κ3) is 2.87. The third-order valence-corrected chi connectivity index (χ3v) is 6.05. The fourth-order valence-electron chi connectivity index (χ4n) is 4.46. The molecule has 1 aromatic heterocycles. The van der Waals surface area contributed by atoms with Gasteiger partial charge in [-0.3, -0.25) is 9.59 Å². The molecule has 2 aromatic carbocycles. The summed E-state index contributed by atoms with van der Waals surface area (Å²) in [6.45, 7) is 1.98. The molecule has 3 heterocycles. The zero-order chi connectivity index (χ0) is 22.7. The van der Waals surface area contributed by atoms with E-state index in [1.165, 1.54) is 19.0 Å². The van der Waals surface area contributed by atoms with Crippen LogP contribution in [-0.2, 0) is 4.74 Å². The Hall–Kier alpha value is -3.76. The van der Waals surface area contributed by atoms with Gasteiger partial charge in [0, 0.05) is 16.5 Å². The molecule has 6 rings (SSSR count). The summed E-state index contributed by atoms with van der Waals surface area (Å²) in [6, 6.07) is 6.58. The van der Waals surface area contributed by atoms with Gasteiger partial charge in [0.2, 0.25) is 6.79 Å². The van der Waals surface area contributed by atoms with E-state index < -0.39 is 5.56 Å². The van der Waals surface area contributed by atoms with Crippen molar-refractivity contribution in [3.05, 3.63) is 45.7 Å². The van der Waals surface area contributed by atoms with E-state index in [9.17, 15) is 9.59 Å². The van der Waals surface area contributed by atoms with E-state index in [4.69, 9.17) is 28.6 Å². The molecule has 0 amide bonds. The molecule has 170 valence electrons. The van der Waals surface area contributed by atoms with Crippen LogP contribution in [0.2, 0.25) is 0 Å². The van der Waals surface area contributed by atoms with Gasteiger partial charge in [0.25, 0.3) is 5.56 Å². The first kappa shape index (κ1) is 19.9. The van der Waals surface area contributed by atoms with Crippen molar-refractivity contribution in [3.8, 4) is 34.3 Å². The van der Waals surface area contributed by atoms with Crippen LogP contribution in [0.1, 0.15) is 15.9 Å². The minimum Gasteiger partial charge on any atom is -0.493 e. The van der Waals surface area contributed by atoms with Crippen molar-refractivity contribution in [3.63, 3.8) is 0 Å². The van der Waals surface area contributed by atoms with Gasteiger partial charge in [-0.25, -0.2) is 0 Å². The quantitative estimate of drug-likeness (QED) is 0.458. The van der Waals surface area contributed by atoms with E-state index in [1.807, 2.05) is 0 Å². The number of carbonyl (C=O) groups is 1. The molecule has 1 saturated heterocycles. The number of fused-ring (bicyclic) bond motifs is 6. The monoisotopic (exact) mass is 452 g/mol. The van der Waals surface area contributed by atoms with E-state index in [1.54, 1.807) is 29.3 Å². The minimum atomic E-state index is -0.422. The molecule has 3 aromatic rings. The third-order valence-electron chi connectivity index (χ3n) is 6.05. The van der Waals surface area contributed by atoms with Crippen molar-refractivity contribution in [2.45, 2.75) is 0 Å². The van der Waals surface area contributed by atoms with Gasteiger partial charge in [-0.15, -0.1) is 9.79 Å². The Morgan fingerprint density at radius 2 is 1.48 bits per heavy atom. The molecule has 0 radical (unpaired) electrons. The van der Waals surface area contributed by atoms with Gasteiger partial charge >= 0.3 is 0 Å². The molecule has 10 heteroatoms. The number of hydrogen-bond donors (Lipinski definition) is 0. The number of aromatic nitrogens is 1. The standard InChI is InChI=1S/C23H20N2O8/c1-28-16-7-12-15(10-17(16)29-2)23(27)25(33-24-3-5-30-6-4-24)21-13-8-18-19(32-11-31-18)9-14(13)22(26)20(12)21/h7-10H,3-6,11H2,1-2H3. The fraction of sp³-hybridized carbons (Fsp3) is 0.304. The number of hydrogen-bond acceptors (Lipinski definition) is 9. The van der Waals surface area contributed by atoms with Crippen LogP contribution in [0, 0.1) is 0 Å². The number of carbonyl (C=O) groups excluding carboxylic acids is 1. The normalized spacial score (nSPS) is 16.6. The number of methoxy groups -OCH3 is 2. The number of pyridine rings is 1. The number of ether oxygens (including phenoxy) is 5. The summed E-state index contributed by atoms with van der Waals surface area (Å²) in [7, 11) is 2.99. The Bertz CT molecular complexity index is 1370. The SMILES string of the molecule is COc1cc2c3c(n(ON4CCOCC4)c(=O)c2cc1OC)-c1cc2c(cc1C3=O)OCO2. The average Bonchev–Trinajstić information content (AvgIpc) is 3.42. The first-order valence-electron chi connectivity index (χ1n) is 10.5. The van der Waals surface area contributed by atoms with Crippen LogP contribution in [0.4, 0.5) is 0 Å². The number of ketones is 1. The highest BCUT2D eigenvalue weighted by atomic mass is 16.8. The molecule has 0 bridgehead atoms. The zero-order valence-electron chi connectivity index (χ0n) is 18.0. The Labute approximate surface area is 187 Å². The van der Waals surface area contributed by atoms with Crippen molar-refractivity contribution in [2.75, 3.05) is 47.3 Å². The Morgan fingerprint density at radius 3 is 2.15 bits per heavy atom. The van der Waals surface area contributed by atoms with Crippen LogP contribution in [-0.4, -0.2) is 62.9 Å². The predicted octanol–water partition coefficient (Wildman–Crippen LogP) is 1.63. The summed E-state index contributed by atoms with van der Waals surface area (Å²) >= 11 is 0. The predicted molar refractivity (Wildman–Crippen MR) is 115 cm³/mol. The minimum absolute atomic E-state index is 0.0745. The second-order valence-corrected chi connectivity index (χ2v) is 7.78. The van der Waals surface area contributed by atoms with Crippen LogP contribution >= 0.6 is 0 Å². The molecule has 3 aliphatic rings. The Kier molecular flexibility index (Phi) is 4.46. The molecule has 33 heavy (non-hydrogen) atoms. The second-order valence-electron chi connectivity index (χ2n) is 7.78. The summed E-state index contributed by atoms with van der Waals surface area (Å²) in [5.74, 6) is 1.54. The van der Waals surface area contributed by atoms with Gasteiger partial charge in [-0.05, 0) is 24.3 Å². The van der Waals surface area contributed by atoms with Crippen molar-refractivity contribution >= 4 is 16.6 Å². The molecular formula is C23H20N2O8. The van der Waals surface area contributed by atoms with Crippen LogP contribution in [0.15, 0.2) is 29.1 Å². The van der Waals surface area contributed by atoms with Crippen LogP contribution < -0.4 is 29.4 Å². The van der Waals surface area contributed by atoms with Crippen LogP contribution in [0.25, 0.3) is 22.0 Å². The van der Waals surface area contributed by atoms with Gasteiger partial charge in [0.15, 0.2) is 28.8 Å². The summed E-state index contributed by atoms with van der Waals surface area (Å²) < 4.78 is 28.4. The molecule has 0 atom stereocenters. The zero-order valence-corrected chi connectivity index (χ0v) is 18.0. The first-order chi connectivity index (χ1) is 16.1. The van der Waals surface area contributed by atoms with E-state index in [0.717, 1.165) is 0 Å². The van der Waals surface area contributed by atoms with E-state index in [0.29, 0.717) is 77.1 Å². The molecule has 10 nitrogen and oxygen atoms in total. The fourth-order valence-corrected chi connectivity index (χ4v) is 4.46. The topological polar surface area (TPSA) is 97.7 Å². The molecule has 1 aliphatic carbocycles. The summed E-state index contributed by atoms with van der Waals surface area (Å²) in [5, 5.41) is 2.38. The highest BCUT2D eigenvalue weighted by Gasteiger charge is 2.37. The highest BCUT2D eigenvalue weighted by molar-refractivity contribution is 6.27. The van der Waals surface area contributed by atoms with E-state index >= 15 is 0 Å². The highest BCUT2D eigenvalue weighted by Crippen LogP contribution is 2.46. The Balaban J connectivity index is 1.66. The smallest absolute Gasteiger partial charge is 0.293 e. The maximum absolute atomic E-state index is 13.7. The number of morpholine rings is 1. The maximum Gasteiger partial charge on any atom is 0.293 e. The number of rotatable bonds is 4. The molecule has 2 aliphatic heterocycles. The lowest BCUT2D eigenvalue weighted by atomic mass is 10.0. The van der Waals surface area contributed by atoms with E-state index in [-0.39, 0.29) is 18.0 Å². The molecule has 1 fully saturated rings. The van der Waals surface area contributed by atoms with Crippen LogP contribution in [0.5, 0.6) is 23.0 Å². The Morgan fingerprint density at radius 1 is 0.848 bits per heavy atom. The average molecular weight is 452 g/mol.